The molecule has 1 heterocycles. The molecule has 0 bridgehead atoms. The van der Waals surface area contributed by atoms with Crippen LogP contribution < -0.4 is 10.5 Å². The number of nitrogens with two attached hydrogens (primary N) is 1. The summed E-state index contributed by atoms with van der Waals surface area (Å²) in [5, 5.41) is 4.59. The first kappa shape index (κ1) is 13.0. The number of anilines is 1. The fourth-order valence-electron chi connectivity index (χ4n) is 2.53. The minimum atomic E-state index is 0.682. The van der Waals surface area contributed by atoms with Crippen molar-refractivity contribution in [3.8, 4) is 16.9 Å². The molecule has 0 saturated heterocycles. The number of aromatic nitrogens is 2. The molecule has 1 saturated carbocycles. The summed E-state index contributed by atoms with van der Waals surface area (Å²) in [7, 11) is 1.91. The van der Waals surface area contributed by atoms with Gasteiger partial charge in [0, 0.05) is 12.6 Å². The molecule has 3 rings (SSSR count). The second-order valence-electron chi connectivity index (χ2n) is 5.44. The van der Waals surface area contributed by atoms with E-state index in [2.05, 4.69) is 17.2 Å². The second kappa shape index (κ2) is 5.19. The maximum Gasteiger partial charge on any atom is 0.129 e. The summed E-state index contributed by atoms with van der Waals surface area (Å²) >= 11 is 0. The van der Waals surface area contributed by atoms with E-state index in [1.807, 2.05) is 26.1 Å². The van der Waals surface area contributed by atoms with E-state index in [-0.39, 0.29) is 0 Å². The maximum absolute atomic E-state index is 6.20. The molecule has 106 valence electrons. The third kappa shape index (κ3) is 2.50. The Hall–Kier alpha value is -1.97. The van der Waals surface area contributed by atoms with Gasteiger partial charge in [0.15, 0.2) is 0 Å². The molecule has 0 aliphatic heterocycles. The van der Waals surface area contributed by atoms with E-state index in [0.29, 0.717) is 6.61 Å². The zero-order valence-corrected chi connectivity index (χ0v) is 12.1. The average Bonchev–Trinajstić information content (AvgIpc) is 3.20. The van der Waals surface area contributed by atoms with E-state index >= 15 is 0 Å². The minimum absolute atomic E-state index is 0.682. The molecule has 1 aliphatic rings. The van der Waals surface area contributed by atoms with Gasteiger partial charge in [0.2, 0.25) is 0 Å². The number of aryl methyl sites for hydroxylation is 1. The standard InChI is InChI=1S/C16H21N3O/c1-3-20-13-8-6-12(7-9-13)15-14(10-11-4-5-11)18-19(2)16(15)17/h6-9,11H,3-5,10,17H2,1-2H3. The smallest absolute Gasteiger partial charge is 0.129 e. The molecule has 20 heavy (non-hydrogen) atoms. The highest BCUT2D eigenvalue weighted by molar-refractivity contribution is 5.77. The third-order valence-electron chi connectivity index (χ3n) is 3.80. The predicted octanol–water partition coefficient (Wildman–Crippen LogP) is 3.02. The Bertz CT molecular complexity index is 597. The third-order valence-corrected chi connectivity index (χ3v) is 3.80. The van der Waals surface area contributed by atoms with Gasteiger partial charge < -0.3 is 10.5 Å². The molecule has 0 atom stereocenters. The minimum Gasteiger partial charge on any atom is -0.494 e. The van der Waals surface area contributed by atoms with Gasteiger partial charge in [0.05, 0.1) is 12.3 Å². The summed E-state index contributed by atoms with van der Waals surface area (Å²) in [6, 6.07) is 8.11. The Balaban J connectivity index is 1.94. The van der Waals surface area contributed by atoms with Crippen LogP contribution in [0, 0.1) is 5.92 Å². The van der Waals surface area contributed by atoms with Gasteiger partial charge in [0.1, 0.15) is 11.6 Å². The summed E-state index contributed by atoms with van der Waals surface area (Å²) in [5.74, 6) is 2.43. The normalized spacial score (nSPS) is 14.5. The molecule has 0 amide bonds. The molecule has 0 radical (unpaired) electrons. The average molecular weight is 271 g/mol. The largest absolute Gasteiger partial charge is 0.494 e. The van der Waals surface area contributed by atoms with E-state index < -0.39 is 0 Å². The Labute approximate surface area is 119 Å². The van der Waals surface area contributed by atoms with Crippen LogP contribution in [0.4, 0.5) is 5.82 Å². The van der Waals surface area contributed by atoms with Crippen molar-refractivity contribution < 1.29 is 4.74 Å². The summed E-state index contributed by atoms with van der Waals surface area (Å²) < 4.78 is 7.27. The number of hydrogen-bond acceptors (Lipinski definition) is 3. The van der Waals surface area contributed by atoms with Gasteiger partial charge in [-0.1, -0.05) is 12.1 Å². The molecule has 0 unspecified atom stereocenters. The number of rotatable bonds is 5. The zero-order valence-electron chi connectivity index (χ0n) is 12.1. The van der Waals surface area contributed by atoms with Crippen LogP contribution in [0.2, 0.25) is 0 Å². The van der Waals surface area contributed by atoms with Crippen molar-refractivity contribution in [3.63, 3.8) is 0 Å². The molecule has 2 N–H and O–H groups in total. The van der Waals surface area contributed by atoms with Crippen LogP contribution in [-0.4, -0.2) is 16.4 Å². The monoisotopic (exact) mass is 271 g/mol. The van der Waals surface area contributed by atoms with E-state index in [9.17, 15) is 0 Å². The molecule has 0 spiro atoms. The lowest BCUT2D eigenvalue weighted by Crippen LogP contribution is -1.98. The summed E-state index contributed by atoms with van der Waals surface area (Å²) in [4.78, 5) is 0. The van der Waals surface area contributed by atoms with Crippen molar-refractivity contribution in [2.45, 2.75) is 26.2 Å². The van der Waals surface area contributed by atoms with Crippen LogP contribution >= 0.6 is 0 Å². The Kier molecular flexibility index (Phi) is 3.38. The second-order valence-corrected chi connectivity index (χ2v) is 5.44. The summed E-state index contributed by atoms with van der Waals surface area (Å²) in [5.41, 5.74) is 9.53. The zero-order chi connectivity index (χ0) is 14.1. The molecule has 1 aliphatic carbocycles. The molecule has 4 heteroatoms. The number of hydrogen-bond donors (Lipinski definition) is 1. The number of nitrogens with zero attached hydrogens (tertiary/aromatic N) is 2. The van der Waals surface area contributed by atoms with Crippen molar-refractivity contribution in [3.05, 3.63) is 30.0 Å². The Morgan fingerprint density at radius 1 is 1.30 bits per heavy atom. The lowest BCUT2D eigenvalue weighted by Gasteiger charge is -2.06. The van der Waals surface area contributed by atoms with Crippen molar-refractivity contribution >= 4 is 5.82 Å². The fourth-order valence-corrected chi connectivity index (χ4v) is 2.53. The molecule has 1 aromatic heterocycles. The summed E-state index contributed by atoms with van der Waals surface area (Å²) in [6.45, 7) is 2.67. The summed E-state index contributed by atoms with van der Waals surface area (Å²) in [6.07, 6.45) is 3.67. The Morgan fingerprint density at radius 3 is 2.60 bits per heavy atom. The highest BCUT2D eigenvalue weighted by atomic mass is 16.5. The van der Waals surface area contributed by atoms with Gasteiger partial charge in [-0.2, -0.15) is 5.10 Å². The van der Waals surface area contributed by atoms with Gasteiger partial charge in [-0.05, 0) is 49.8 Å². The van der Waals surface area contributed by atoms with Gasteiger partial charge in [-0.3, -0.25) is 4.68 Å². The van der Waals surface area contributed by atoms with E-state index in [1.54, 1.807) is 4.68 Å². The maximum atomic E-state index is 6.20. The van der Waals surface area contributed by atoms with Crippen LogP contribution in [0.15, 0.2) is 24.3 Å². The van der Waals surface area contributed by atoms with Gasteiger partial charge in [-0.25, -0.2) is 0 Å². The van der Waals surface area contributed by atoms with Crippen molar-refractivity contribution in [1.82, 2.24) is 9.78 Å². The van der Waals surface area contributed by atoms with Gasteiger partial charge in [-0.15, -0.1) is 0 Å². The predicted molar refractivity (Wildman–Crippen MR) is 80.7 cm³/mol. The van der Waals surface area contributed by atoms with E-state index in [4.69, 9.17) is 10.5 Å². The quantitative estimate of drug-likeness (QED) is 0.909. The lowest BCUT2D eigenvalue weighted by molar-refractivity contribution is 0.340. The Morgan fingerprint density at radius 2 is 2.00 bits per heavy atom. The number of ether oxygens (including phenoxy) is 1. The topological polar surface area (TPSA) is 53.1 Å². The van der Waals surface area contributed by atoms with Crippen LogP contribution in [0.1, 0.15) is 25.5 Å². The first-order valence-electron chi connectivity index (χ1n) is 7.23. The van der Waals surface area contributed by atoms with Crippen molar-refractivity contribution in [1.29, 1.82) is 0 Å². The van der Waals surface area contributed by atoms with Crippen LogP contribution in [0.25, 0.3) is 11.1 Å². The fraction of sp³-hybridized carbons (Fsp3) is 0.438. The van der Waals surface area contributed by atoms with E-state index in [1.165, 1.54) is 12.8 Å². The van der Waals surface area contributed by atoms with Crippen molar-refractivity contribution in [2.24, 2.45) is 13.0 Å². The lowest BCUT2D eigenvalue weighted by atomic mass is 10.0. The van der Waals surface area contributed by atoms with Crippen molar-refractivity contribution in [2.75, 3.05) is 12.3 Å². The molecule has 4 nitrogen and oxygen atoms in total. The molecule has 2 aromatic rings. The molecule has 1 aromatic carbocycles. The number of benzene rings is 1. The van der Waals surface area contributed by atoms with E-state index in [0.717, 1.165) is 40.7 Å². The van der Waals surface area contributed by atoms with Gasteiger partial charge >= 0.3 is 0 Å². The highest BCUT2D eigenvalue weighted by Crippen LogP contribution is 2.37. The van der Waals surface area contributed by atoms with Gasteiger partial charge in [0.25, 0.3) is 0 Å². The first-order chi connectivity index (χ1) is 9.69. The van der Waals surface area contributed by atoms with Crippen LogP contribution in [-0.2, 0) is 13.5 Å². The molecular weight excluding hydrogens is 250 g/mol. The van der Waals surface area contributed by atoms with Crippen LogP contribution in [0.5, 0.6) is 5.75 Å². The number of nitrogen functional groups attached to an aromatic ring is 1. The molecular formula is C16H21N3O. The SMILES string of the molecule is CCOc1ccc(-c2c(CC3CC3)nn(C)c2N)cc1. The highest BCUT2D eigenvalue weighted by Gasteiger charge is 2.26. The van der Waals surface area contributed by atoms with Crippen LogP contribution in [0.3, 0.4) is 0 Å². The first-order valence-corrected chi connectivity index (χ1v) is 7.23. The molecule has 1 fully saturated rings.